The zero-order valence-electron chi connectivity index (χ0n) is 14.0. The van der Waals surface area contributed by atoms with Gasteiger partial charge in [-0.1, -0.05) is 0 Å². The molecule has 0 aliphatic carbocycles. The highest BCUT2D eigenvalue weighted by atomic mass is 16.2. The van der Waals surface area contributed by atoms with Crippen LogP contribution in [0.2, 0.25) is 0 Å². The molecule has 2 heterocycles. The molecule has 2 aromatic heterocycles. The molecule has 0 unspecified atom stereocenters. The largest absolute Gasteiger partial charge is 0.319 e. The summed E-state index contributed by atoms with van der Waals surface area (Å²) < 4.78 is 2.10. The molecule has 0 saturated carbocycles. The lowest BCUT2D eigenvalue weighted by Crippen LogP contribution is -2.41. The molecule has 0 saturated heterocycles. The van der Waals surface area contributed by atoms with Gasteiger partial charge in [-0.15, -0.1) is 0 Å². The summed E-state index contributed by atoms with van der Waals surface area (Å²) in [6.07, 6.45) is 3.00. The highest BCUT2D eigenvalue weighted by Gasteiger charge is 2.10. The molecule has 0 aliphatic heterocycles. The Labute approximate surface area is 145 Å². The summed E-state index contributed by atoms with van der Waals surface area (Å²) in [6.45, 7) is 4.06. The second kappa shape index (κ2) is 7.00. The number of hydrogen-bond acceptors (Lipinski definition) is 3. The van der Waals surface area contributed by atoms with Gasteiger partial charge in [0.25, 0.3) is 11.8 Å². The van der Waals surface area contributed by atoms with E-state index in [2.05, 4.69) is 20.4 Å². The number of aryl methyl sites for hydroxylation is 2. The van der Waals surface area contributed by atoms with E-state index in [1.807, 2.05) is 38.1 Å². The minimum atomic E-state index is -0.420. The standard InChI is InChI=1S/C19H18N4O2/c1-13-5-6-14(2)23(13)17-9-7-15(8-10-17)18(24)21-22-19(25)16-4-3-11-20-12-16/h3-12H,1-2H3,(H,21,24)(H,22,25). The third-order valence-electron chi connectivity index (χ3n) is 3.87. The molecule has 6 heteroatoms. The van der Waals surface area contributed by atoms with Crippen LogP contribution in [0.25, 0.3) is 5.69 Å². The number of nitrogens with zero attached hydrogens (tertiary/aromatic N) is 2. The Kier molecular flexibility index (Phi) is 4.61. The minimum absolute atomic E-state index is 0.372. The van der Waals surface area contributed by atoms with E-state index < -0.39 is 5.91 Å². The molecule has 0 aliphatic rings. The first-order valence-corrected chi connectivity index (χ1v) is 7.82. The van der Waals surface area contributed by atoms with Gasteiger partial charge in [0, 0.05) is 35.0 Å². The molecular weight excluding hydrogens is 316 g/mol. The van der Waals surface area contributed by atoms with Gasteiger partial charge in [0.2, 0.25) is 0 Å². The number of nitrogens with one attached hydrogen (secondary N) is 2. The van der Waals surface area contributed by atoms with Crippen molar-refractivity contribution in [2.75, 3.05) is 0 Å². The van der Waals surface area contributed by atoms with Crippen molar-refractivity contribution in [3.05, 3.63) is 83.4 Å². The van der Waals surface area contributed by atoms with Gasteiger partial charge in [0.15, 0.2) is 0 Å². The minimum Gasteiger partial charge on any atom is -0.319 e. The van der Waals surface area contributed by atoms with E-state index in [1.165, 1.54) is 6.20 Å². The molecule has 3 aromatic rings. The molecule has 0 bridgehead atoms. The average Bonchev–Trinajstić information content (AvgIpc) is 2.98. The van der Waals surface area contributed by atoms with Crippen molar-refractivity contribution < 1.29 is 9.59 Å². The highest BCUT2D eigenvalue weighted by molar-refractivity contribution is 5.98. The average molecular weight is 334 g/mol. The summed E-state index contributed by atoms with van der Waals surface area (Å²) in [5.41, 5.74) is 8.83. The van der Waals surface area contributed by atoms with Crippen LogP contribution in [-0.4, -0.2) is 21.4 Å². The number of benzene rings is 1. The van der Waals surface area contributed by atoms with Crippen molar-refractivity contribution in [3.8, 4) is 5.69 Å². The fraction of sp³-hybridized carbons (Fsp3) is 0.105. The maximum atomic E-state index is 12.2. The van der Waals surface area contributed by atoms with Crippen molar-refractivity contribution in [3.63, 3.8) is 0 Å². The fourth-order valence-electron chi connectivity index (χ4n) is 2.59. The first-order valence-electron chi connectivity index (χ1n) is 7.82. The van der Waals surface area contributed by atoms with Gasteiger partial charge in [-0.3, -0.25) is 25.4 Å². The fourth-order valence-corrected chi connectivity index (χ4v) is 2.59. The van der Waals surface area contributed by atoms with Gasteiger partial charge in [-0.25, -0.2) is 0 Å². The topological polar surface area (TPSA) is 76.0 Å². The van der Waals surface area contributed by atoms with Crippen molar-refractivity contribution in [1.29, 1.82) is 0 Å². The summed E-state index contributed by atoms with van der Waals surface area (Å²) in [7, 11) is 0. The number of carbonyl (C=O) groups is 2. The quantitative estimate of drug-likeness (QED) is 0.723. The third-order valence-corrected chi connectivity index (χ3v) is 3.87. The number of carbonyl (C=O) groups excluding carboxylic acids is 2. The Bertz CT molecular complexity index is 879. The van der Waals surface area contributed by atoms with Crippen LogP contribution in [0.1, 0.15) is 32.1 Å². The van der Waals surface area contributed by atoms with E-state index in [0.717, 1.165) is 17.1 Å². The van der Waals surface area contributed by atoms with Crippen LogP contribution in [0.3, 0.4) is 0 Å². The Hall–Kier alpha value is -3.41. The first-order chi connectivity index (χ1) is 12.1. The summed E-state index contributed by atoms with van der Waals surface area (Å²) >= 11 is 0. The molecule has 2 N–H and O–H groups in total. The monoisotopic (exact) mass is 334 g/mol. The number of aromatic nitrogens is 2. The number of hydrazine groups is 1. The summed E-state index contributed by atoms with van der Waals surface area (Å²) in [5.74, 6) is -0.804. The van der Waals surface area contributed by atoms with Crippen LogP contribution < -0.4 is 10.9 Å². The lowest BCUT2D eigenvalue weighted by molar-refractivity contribution is 0.0846. The molecule has 25 heavy (non-hydrogen) atoms. The smallest absolute Gasteiger partial charge is 0.271 e. The lowest BCUT2D eigenvalue weighted by atomic mass is 10.2. The summed E-state index contributed by atoms with van der Waals surface area (Å²) in [6, 6.07) is 14.6. The second-order valence-corrected chi connectivity index (χ2v) is 5.65. The van der Waals surface area contributed by atoms with E-state index in [4.69, 9.17) is 0 Å². The normalized spacial score (nSPS) is 10.3. The van der Waals surface area contributed by atoms with Gasteiger partial charge < -0.3 is 4.57 Å². The number of pyridine rings is 1. The molecule has 0 spiro atoms. The first kappa shape index (κ1) is 16.4. The molecule has 0 atom stereocenters. The van der Waals surface area contributed by atoms with Crippen molar-refractivity contribution in [2.24, 2.45) is 0 Å². The van der Waals surface area contributed by atoms with Crippen LogP contribution in [0.15, 0.2) is 60.9 Å². The van der Waals surface area contributed by atoms with E-state index in [0.29, 0.717) is 11.1 Å². The van der Waals surface area contributed by atoms with Crippen molar-refractivity contribution >= 4 is 11.8 Å². The van der Waals surface area contributed by atoms with Gasteiger partial charge in [0.1, 0.15) is 0 Å². The Morgan fingerprint density at radius 1 is 0.840 bits per heavy atom. The maximum absolute atomic E-state index is 12.2. The highest BCUT2D eigenvalue weighted by Crippen LogP contribution is 2.16. The Balaban J connectivity index is 1.66. The molecule has 6 nitrogen and oxygen atoms in total. The van der Waals surface area contributed by atoms with E-state index in [9.17, 15) is 9.59 Å². The Morgan fingerprint density at radius 2 is 1.44 bits per heavy atom. The van der Waals surface area contributed by atoms with Crippen molar-refractivity contribution in [2.45, 2.75) is 13.8 Å². The van der Waals surface area contributed by atoms with Gasteiger partial charge in [0.05, 0.1) is 5.56 Å². The molecule has 1 aromatic carbocycles. The second-order valence-electron chi connectivity index (χ2n) is 5.65. The van der Waals surface area contributed by atoms with E-state index in [1.54, 1.807) is 30.5 Å². The van der Waals surface area contributed by atoms with Crippen LogP contribution in [0.5, 0.6) is 0 Å². The van der Waals surface area contributed by atoms with Crippen molar-refractivity contribution in [1.82, 2.24) is 20.4 Å². The summed E-state index contributed by atoms with van der Waals surface area (Å²) in [5, 5.41) is 0. The zero-order chi connectivity index (χ0) is 17.8. The van der Waals surface area contributed by atoms with Crippen LogP contribution >= 0.6 is 0 Å². The number of hydrogen-bond donors (Lipinski definition) is 2. The molecular formula is C19H18N4O2. The molecule has 0 fully saturated rings. The molecule has 126 valence electrons. The van der Waals surface area contributed by atoms with Crippen LogP contribution in [-0.2, 0) is 0 Å². The summed E-state index contributed by atoms with van der Waals surface area (Å²) in [4.78, 5) is 27.9. The van der Waals surface area contributed by atoms with E-state index in [-0.39, 0.29) is 5.91 Å². The van der Waals surface area contributed by atoms with Gasteiger partial charge in [-0.2, -0.15) is 0 Å². The molecule has 0 radical (unpaired) electrons. The Morgan fingerprint density at radius 3 is 2.00 bits per heavy atom. The maximum Gasteiger partial charge on any atom is 0.271 e. The number of rotatable bonds is 3. The van der Waals surface area contributed by atoms with Gasteiger partial charge in [-0.05, 0) is 62.4 Å². The predicted molar refractivity (Wildman–Crippen MR) is 94.4 cm³/mol. The van der Waals surface area contributed by atoms with Crippen LogP contribution in [0.4, 0.5) is 0 Å². The number of amides is 2. The SMILES string of the molecule is Cc1ccc(C)n1-c1ccc(C(=O)NNC(=O)c2cccnc2)cc1. The third kappa shape index (κ3) is 3.58. The van der Waals surface area contributed by atoms with E-state index >= 15 is 0 Å². The van der Waals surface area contributed by atoms with Crippen LogP contribution in [0, 0.1) is 13.8 Å². The predicted octanol–water partition coefficient (Wildman–Crippen LogP) is 2.56. The zero-order valence-corrected chi connectivity index (χ0v) is 14.0. The van der Waals surface area contributed by atoms with Gasteiger partial charge >= 0.3 is 0 Å². The molecule has 3 rings (SSSR count). The lowest BCUT2D eigenvalue weighted by Gasteiger charge is -2.11. The molecule has 2 amide bonds.